The van der Waals surface area contributed by atoms with Crippen molar-refractivity contribution in [3.63, 3.8) is 0 Å². The number of hydroxylamine groups is 1. The average Bonchev–Trinajstić information content (AvgIpc) is 2.33. The van der Waals surface area contributed by atoms with E-state index in [9.17, 15) is 9.59 Å². The minimum absolute atomic E-state index is 0.0301. The van der Waals surface area contributed by atoms with Gasteiger partial charge in [0.05, 0.1) is 0 Å². The number of nitrogens with one attached hydrogen (secondary N) is 1. The number of nitrogens with two attached hydrogens (primary N) is 1. The van der Waals surface area contributed by atoms with Gasteiger partial charge in [-0.2, -0.15) is 5.48 Å². The van der Waals surface area contributed by atoms with Crippen molar-refractivity contribution in [2.45, 2.75) is 17.0 Å². The molecule has 1 amide bonds. The summed E-state index contributed by atoms with van der Waals surface area (Å²) in [6.07, 6.45) is -1.07. The maximum atomic E-state index is 10.7. The Morgan fingerprint density at radius 3 is 2.58 bits per heavy atom. The van der Waals surface area contributed by atoms with Crippen LogP contribution in [-0.2, 0) is 14.4 Å². The van der Waals surface area contributed by atoms with Gasteiger partial charge in [0.25, 0.3) is 5.91 Å². The number of carbonyl (C=O) groups excluding carboxylic acids is 1. The van der Waals surface area contributed by atoms with Gasteiger partial charge in [0, 0.05) is 6.42 Å². The molecule has 1 aliphatic rings. The normalized spacial score (nSPS) is 34.9. The van der Waals surface area contributed by atoms with Crippen molar-refractivity contribution >= 4 is 27.8 Å². The van der Waals surface area contributed by atoms with Crippen LogP contribution in [0.2, 0.25) is 0 Å². The van der Waals surface area contributed by atoms with Crippen LogP contribution in [0.25, 0.3) is 0 Å². The number of carboxylic acids is 1. The summed E-state index contributed by atoms with van der Waals surface area (Å²) < 4.78 is -1.25. The average molecular weight is 239 g/mol. The Balaban J connectivity index is 2.67. The van der Waals surface area contributed by atoms with E-state index >= 15 is 0 Å². The quantitative estimate of drug-likeness (QED) is 0.421. The number of amides is 1. The molecule has 0 unspecified atom stereocenters. The van der Waals surface area contributed by atoms with Gasteiger partial charge in [-0.3, -0.25) is 9.63 Å². The molecule has 12 heavy (non-hydrogen) atoms. The fraction of sp³-hybridized carbons (Fsp3) is 0.600. The molecule has 0 saturated carbocycles. The van der Waals surface area contributed by atoms with E-state index in [0.717, 1.165) is 0 Å². The largest absolute Gasteiger partial charge is 0.479 e. The highest BCUT2D eigenvalue weighted by Gasteiger charge is 2.45. The molecule has 7 heteroatoms. The first-order valence-electron chi connectivity index (χ1n) is 3.10. The van der Waals surface area contributed by atoms with Gasteiger partial charge in [0.2, 0.25) is 0 Å². The standard InChI is InChI=1S/C5H7BrN2O4/c6-5(4(7)11)1-2(3(9)10)12-8-5/h2,8H,1H2,(H2,7,11)(H,9,10)/t2-,5-/m1/s1. The van der Waals surface area contributed by atoms with E-state index in [2.05, 4.69) is 26.2 Å². The van der Waals surface area contributed by atoms with Crippen molar-refractivity contribution in [2.75, 3.05) is 0 Å². The first-order valence-corrected chi connectivity index (χ1v) is 3.89. The molecule has 68 valence electrons. The second-order valence-corrected chi connectivity index (χ2v) is 3.77. The summed E-state index contributed by atoms with van der Waals surface area (Å²) in [4.78, 5) is 25.7. The Kier molecular flexibility index (Phi) is 2.36. The number of halogens is 1. The molecule has 6 nitrogen and oxygen atoms in total. The number of carbonyl (C=O) groups is 2. The van der Waals surface area contributed by atoms with E-state index in [0.29, 0.717) is 0 Å². The molecule has 0 aromatic heterocycles. The highest BCUT2D eigenvalue weighted by Crippen LogP contribution is 2.27. The number of alkyl halides is 1. The van der Waals surface area contributed by atoms with Gasteiger partial charge in [0.1, 0.15) is 0 Å². The van der Waals surface area contributed by atoms with E-state index < -0.39 is 22.4 Å². The fourth-order valence-corrected chi connectivity index (χ4v) is 1.18. The number of hydrogen-bond donors (Lipinski definition) is 3. The number of aliphatic carboxylic acids is 1. The second-order valence-electron chi connectivity index (χ2n) is 2.42. The summed E-state index contributed by atoms with van der Waals surface area (Å²) in [5, 5.41) is 8.49. The molecule has 0 aromatic carbocycles. The van der Waals surface area contributed by atoms with Crippen molar-refractivity contribution in [3.8, 4) is 0 Å². The Morgan fingerprint density at radius 2 is 2.33 bits per heavy atom. The Labute approximate surface area is 76.1 Å². The summed E-state index contributed by atoms with van der Waals surface area (Å²) >= 11 is 2.94. The number of hydrogen-bond acceptors (Lipinski definition) is 4. The first-order chi connectivity index (χ1) is 5.46. The summed E-state index contributed by atoms with van der Waals surface area (Å²) in [6, 6.07) is 0. The van der Waals surface area contributed by atoms with Crippen molar-refractivity contribution in [1.29, 1.82) is 0 Å². The lowest BCUT2D eigenvalue weighted by Gasteiger charge is -2.13. The van der Waals surface area contributed by atoms with Gasteiger partial charge in [0.15, 0.2) is 10.6 Å². The molecular formula is C5H7BrN2O4. The maximum absolute atomic E-state index is 10.7. The summed E-state index contributed by atoms with van der Waals surface area (Å²) in [6.45, 7) is 0. The molecule has 0 aliphatic carbocycles. The molecule has 1 aliphatic heterocycles. The predicted octanol–water partition coefficient (Wildman–Crippen LogP) is -1.06. The molecule has 4 N–H and O–H groups in total. The number of rotatable bonds is 2. The smallest absolute Gasteiger partial charge is 0.335 e. The van der Waals surface area contributed by atoms with Crippen LogP contribution in [0.4, 0.5) is 0 Å². The van der Waals surface area contributed by atoms with Crippen molar-refractivity contribution in [1.82, 2.24) is 5.48 Å². The second kappa shape index (κ2) is 3.00. The SMILES string of the molecule is NC(=O)[C@@]1(Br)C[C@H](C(=O)O)ON1. The van der Waals surface area contributed by atoms with Gasteiger partial charge in [-0.05, 0) is 0 Å². The van der Waals surface area contributed by atoms with Crippen LogP contribution in [0, 0.1) is 0 Å². The highest BCUT2D eigenvalue weighted by atomic mass is 79.9. The molecule has 0 radical (unpaired) electrons. The highest BCUT2D eigenvalue weighted by molar-refractivity contribution is 9.10. The van der Waals surface area contributed by atoms with Crippen LogP contribution in [-0.4, -0.2) is 27.5 Å². The minimum Gasteiger partial charge on any atom is -0.479 e. The zero-order valence-electron chi connectivity index (χ0n) is 5.91. The summed E-state index contributed by atoms with van der Waals surface area (Å²) in [5.74, 6) is -1.84. The molecule has 0 aromatic rings. The monoisotopic (exact) mass is 238 g/mol. The number of primary amides is 1. The molecule has 1 fully saturated rings. The van der Waals surface area contributed by atoms with Crippen LogP contribution in [0.3, 0.4) is 0 Å². The van der Waals surface area contributed by atoms with E-state index in [-0.39, 0.29) is 6.42 Å². The van der Waals surface area contributed by atoms with Crippen molar-refractivity contribution in [3.05, 3.63) is 0 Å². The minimum atomic E-state index is -1.25. The van der Waals surface area contributed by atoms with E-state index in [1.807, 2.05) is 0 Å². The third kappa shape index (κ3) is 1.57. The van der Waals surface area contributed by atoms with Crippen LogP contribution < -0.4 is 11.2 Å². The van der Waals surface area contributed by atoms with Crippen LogP contribution in [0.15, 0.2) is 0 Å². The molecule has 0 spiro atoms. The lowest BCUT2D eigenvalue weighted by molar-refractivity contribution is -0.150. The van der Waals surface area contributed by atoms with E-state index in [1.54, 1.807) is 0 Å². The van der Waals surface area contributed by atoms with Gasteiger partial charge < -0.3 is 10.8 Å². The fourth-order valence-electron chi connectivity index (χ4n) is 0.792. The van der Waals surface area contributed by atoms with Crippen LogP contribution >= 0.6 is 15.9 Å². The topological polar surface area (TPSA) is 102 Å². The van der Waals surface area contributed by atoms with Crippen molar-refractivity contribution < 1.29 is 19.5 Å². The van der Waals surface area contributed by atoms with E-state index in [1.165, 1.54) is 0 Å². The zero-order chi connectivity index (χ0) is 9.35. The third-order valence-electron chi connectivity index (χ3n) is 1.50. The maximum Gasteiger partial charge on any atom is 0.335 e. The Hall–Kier alpha value is -0.660. The predicted molar refractivity (Wildman–Crippen MR) is 41.1 cm³/mol. The molecular weight excluding hydrogens is 232 g/mol. The van der Waals surface area contributed by atoms with Crippen LogP contribution in [0.1, 0.15) is 6.42 Å². The Bertz CT molecular complexity index is 233. The molecule has 1 rings (SSSR count). The lowest BCUT2D eigenvalue weighted by Crippen LogP contribution is -2.45. The first kappa shape index (κ1) is 9.43. The van der Waals surface area contributed by atoms with E-state index in [4.69, 9.17) is 10.8 Å². The number of carboxylic acid groups (broad SMARTS) is 1. The molecule has 0 bridgehead atoms. The molecule has 2 atom stereocenters. The molecule has 1 heterocycles. The molecule has 1 saturated heterocycles. The van der Waals surface area contributed by atoms with Crippen LogP contribution in [0.5, 0.6) is 0 Å². The van der Waals surface area contributed by atoms with Crippen molar-refractivity contribution in [2.24, 2.45) is 5.73 Å². The zero-order valence-corrected chi connectivity index (χ0v) is 7.50. The van der Waals surface area contributed by atoms with Gasteiger partial charge in [-0.25, -0.2) is 4.79 Å². The third-order valence-corrected chi connectivity index (χ3v) is 2.37. The van der Waals surface area contributed by atoms with Gasteiger partial charge >= 0.3 is 5.97 Å². The lowest BCUT2D eigenvalue weighted by atomic mass is 10.1. The van der Waals surface area contributed by atoms with Gasteiger partial charge in [-0.15, -0.1) is 0 Å². The van der Waals surface area contributed by atoms with Gasteiger partial charge in [-0.1, -0.05) is 15.9 Å². The summed E-state index contributed by atoms with van der Waals surface area (Å²) in [7, 11) is 0. The summed E-state index contributed by atoms with van der Waals surface area (Å²) in [5.41, 5.74) is 7.20. The Morgan fingerprint density at radius 1 is 1.75 bits per heavy atom.